The molecule has 2 rings (SSSR count). The van der Waals surface area contributed by atoms with Gasteiger partial charge in [-0.05, 0) is 49.7 Å². The first kappa shape index (κ1) is 17.7. The molecule has 8 heteroatoms. The summed E-state index contributed by atoms with van der Waals surface area (Å²) in [6.45, 7) is 7.46. The van der Waals surface area contributed by atoms with Gasteiger partial charge in [-0.3, -0.25) is 0 Å². The number of rotatable bonds is 4. The predicted octanol–water partition coefficient (Wildman–Crippen LogP) is 4.15. The van der Waals surface area contributed by atoms with Gasteiger partial charge in [-0.2, -0.15) is 0 Å². The number of alkyl halides is 2. The fraction of sp³-hybridized carbons (Fsp3) is 0.500. The standard InChI is InChI=1S/C14H18BrF2N3OS/c1-8(19-22(21)14(2,3)4)11-7-20-6-9(12(16)17)5-10(15)13(20)18-11/h5-8,12,19H,1-4H3/t8-,22-/m1/s1. The van der Waals surface area contributed by atoms with E-state index in [1.165, 1.54) is 12.3 Å². The number of hydrogen-bond donors (Lipinski definition) is 1. The van der Waals surface area contributed by atoms with E-state index in [-0.39, 0.29) is 11.6 Å². The molecule has 1 N–H and O–H groups in total. The summed E-state index contributed by atoms with van der Waals surface area (Å²) in [7, 11) is 0. The maximum absolute atomic E-state index is 12.8. The Kier molecular flexibility index (Phi) is 5.16. The van der Waals surface area contributed by atoms with Crippen molar-refractivity contribution in [1.29, 1.82) is 0 Å². The molecule has 2 heterocycles. The van der Waals surface area contributed by atoms with Crippen molar-refractivity contribution in [3.63, 3.8) is 0 Å². The second-order valence-corrected chi connectivity index (χ2v) is 8.89. The molecule has 0 amide bonds. The van der Waals surface area contributed by atoms with Crippen LogP contribution in [0.5, 0.6) is 0 Å². The van der Waals surface area contributed by atoms with E-state index in [1.807, 2.05) is 27.7 Å². The van der Waals surface area contributed by atoms with Crippen LogP contribution in [-0.2, 0) is 11.4 Å². The molecule has 0 fully saturated rings. The smallest absolute Gasteiger partial charge is 0.265 e. The maximum atomic E-state index is 12.8. The summed E-state index contributed by atoms with van der Waals surface area (Å²) < 4.78 is 42.5. The number of imidazole rings is 1. The van der Waals surface area contributed by atoms with Crippen LogP contribution in [0.15, 0.2) is 22.9 Å². The van der Waals surface area contributed by atoms with Crippen LogP contribution in [0.1, 0.15) is 51.4 Å². The highest BCUT2D eigenvalue weighted by molar-refractivity contribution is 9.10. The number of nitrogens with one attached hydrogen (secondary N) is 1. The van der Waals surface area contributed by atoms with E-state index in [1.54, 1.807) is 10.6 Å². The first-order valence-corrected chi connectivity index (χ1v) is 8.68. The van der Waals surface area contributed by atoms with E-state index < -0.39 is 22.5 Å². The Morgan fingerprint density at radius 2 is 2.00 bits per heavy atom. The zero-order chi connectivity index (χ0) is 16.7. The van der Waals surface area contributed by atoms with Crippen LogP contribution in [0.4, 0.5) is 8.78 Å². The summed E-state index contributed by atoms with van der Waals surface area (Å²) >= 11 is 2.03. The fourth-order valence-electron chi connectivity index (χ4n) is 1.82. The Morgan fingerprint density at radius 1 is 1.36 bits per heavy atom. The fourth-order valence-corrected chi connectivity index (χ4v) is 3.18. The van der Waals surface area contributed by atoms with Gasteiger partial charge in [-0.1, -0.05) is 0 Å². The molecule has 122 valence electrons. The molecule has 0 radical (unpaired) electrons. The summed E-state index contributed by atoms with van der Waals surface area (Å²) in [5.41, 5.74) is 1.11. The molecule has 0 saturated carbocycles. The van der Waals surface area contributed by atoms with Crippen LogP contribution in [0.2, 0.25) is 0 Å². The topological polar surface area (TPSA) is 52.4 Å². The number of nitrogens with zero attached hydrogens (tertiary/aromatic N) is 2. The van der Waals surface area contributed by atoms with Gasteiger partial charge in [0.15, 0.2) is 5.65 Å². The van der Waals surface area contributed by atoms with E-state index in [2.05, 4.69) is 25.6 Å². The first-order valence-electron chi connectivity index (χ1n) is 6.74. The molecule has 4 nitrogen and oxygen atoms in total. The van der Waals surface area contributed by atoms with Crippen molar-refractivity contribution in [2.24, 2.45) is 0 Å². The van der Waals surface area contributed by atoms with E-state index in [4.69, 9.17) is 0 Å². The monoisotopic (exact) mass is 393 g/mol. The zero-order valence-corrected chi connectivity index (χ0v) is 15.1. The Labute approximate surface area is 139 Å². The molecule has 0 aliphatic carbocycles. The van der Waals surface area contributed by atoms with Crippen molar-refractivity contribution in [3.8, 4) is 0 Å². The largest absolute Gasteiger partial charge is 0.598 e. The molecule has 0 saturated heterocycles. The van der Waals surface area contributed by atoms with Gasteiger partial charge in [-0.15, -0.1) is 4.72 Å². The minimum Gasteiger partial charge on any atom is -0.598 e. The van der Waals surface area contributed by atoms with Crippen LogP contribution in [0.25, 0.3) is 5.65 Å². The molecule has 2 aromatic heterocycles. The summed E-state index contributed by atoms with van der Waals surface area (Å²) in [5.74, 6) is 0. The van der Waals surface area contributed by atoms with Crippen molar-refractivity contribution in [3.05, 3.63) is 34.2 Å². The van der Waals surface area contributed by atoms with Gasteiger partial charge in [0.25, 0.3) is 6.43 Å². The minimum atomic E-state index is -2.55. The zero-order valence-electron chi connectivity index (χ0n) is 12.7. The molecular weight excluding hydrogens is 376 g/mol. The molecule has 22 heavy (non-hydrogen) atoms. The summed E-state index contributed by atoms with van der Waals surface area (Å²) in [6, 6.07) is 1.10. The molecule has 0 unspecified atom stereocenters. The van der Waals surface area contributed by atoms with E-state index >= 15 is 0 Å². The van der Waals surface area contributed by atoms with Crippen LogP contribution in [-0.4, -0.2) is 18.7 Å². The van der Waals surface area contributed by atoms with Crippen molar-refractivity contribution in [2.75, 3.05) is 0 Å². The maximum Gasteiger partial charge on any atom is 0.265 e. The third kappa shape index (κ3) is 3.79. The average Bonchev–Trinajstić information content (AvgIpc) is 2.81. The summed E-state index contributed by atoms with van der Waals surface area (Å²) in [6.07, 6.45) is 0.480. The molecule has 0 bridgehead atoms. The van der Waals surface area contributed by atoms with Crippen molar-refractivity contribution in [1.82, 2.24) is 14.1 Å². The van der Waals surface area contributed by atoms with Crippen LogP contribution in [0, 0.1) is 0 Å². The summed E-state index contributed by atoms with van der Waals surface area (Å²) in [4.78, 5) is 4.42. The Hall–Kier alpha value is -0.700. The second-order valence-electron chi connectivity index (χ2n) is 6.04. The van der Waals surface area contributed by atoms with Gasteiger partial charge >= 0.3 is 0 Å². The normalized spacial score (nSPS) is 15.5. The predicted molar refractivity (Wildman–Crippen MR) is 87.3 cm³/mol. The number of hydrogen-bond acceptors (Lipinski definition) is 3. The lowest BCUT2D eigenvalue weighted by Gasteiger charge is -2.25. The molecular formula is C14H18BrF2N3OS. The lowest BCUT2D eigenvalue weighted by atomic mass is 10.3. The Morgan fingerprint density at radius 3 is 2.55 bits per heavy atom. The van der Waals surface area contributed by atoms with Crippen LogP contribution < -0.4 is 4.72 Å². The molecule has 0 spiro atoms. The van der Waals surface area contributed by atoms with Gasteiger partial charge in [-0.25, -0.2) is 13.8 Å². The third-order valence-electron chi connectivity index (χ3n) is 3.08. The highest BCUT2D eigenvalue weighted by Gasteiger charge is 2.29. The van der Waals surface area contributed by atoms with Crippen LogP contribution in [0.3, 0.4) is 0 Å². The molecule has 2 atom stereocenters. The van der Waals surface area contributed by atoms with E-state index in [0.717, 1.165) is 0 Å². The summed E-state index contributed by atoms with van der Waals surface area (Å²) in [5, 5.41) is 0. The average molecular weight is 394 g/mol. The number of aromatic nitrogens is 2. The number of pyridine rings is 1. The Balaban J connectivity index is 2.31. The van der Waals surface area contributed by atoms with Gasteiger partial charge in [0, 0.05) is 29.3 Å². The number of fused-ring (bicyclic) bond motifs is 1. The van der Waals surface area contributed by atoms with Crippen LogP contribution >= 0.6 is 15.9 Å². The van der Waals surface area contributed by atoms with E-state index in [9.17, 15) is 13.3 Å². The van der Waals surface area contributed by atoms with Crippen molar-refractivity contribution in [2.45, 2.75) is 44.9 Å². The van der Waals surface area contributed by atoms with E-state index in [0.29, 0.717) is 15.8 Å². The van der Waals surface area contributed by atoms with Crippen molar-refractivity contribution >= 4 is 32.9 Å². The molecule has 0 aliphatic heterocycles. The SMILES string of the molecule is C[C@@H](N[S@+]([O-])C(C)(C)C)c1cn2cc(C(F)F)cc(Br)c2n1. The molecule has 0 aromatic carbocycles. The van der Waals surface area contributed by atoms with Crippen molar-refractivity contribution < 1.29 is 13.3 Å². The highest BCUT2D eigenvalue weighted by Crippen LogP contribution is 2.27. The Bertz CT molecular complexity index is 672. The van der Waals surface area contributed by atoms with Gasteiger partial charge in [0.2, 0.25) is 0 Å². The first-order chi connectivity index (χ1) is 10.1. The third-order valence-corrected chi connectivity index (χ3v) is 5.35. The lowest BCUT2D eigenvalue weighted by molar-refractivity contribution is 0.151. The molecule has 2 aromatic rings. The van der Waals surface area contributed by atoms with Gasteiger partial charge in [0.1, 0.15) is 4.75 Å². The minimum absolute atomic E-state index is 0.0813. The second kappa shape index (κ2) is 6.43. The molecule has 0 aliphatic rings. The lowest BCUT2D eigenvalue weighted by Crippen LogP contribution is -2.40. The van der Waals surface area contributed by atoms with Gasteiger partial charge in [0.05, 0.1) is 16.2 Å². The van der Waals surface area contributed by atoms with Gasteiger partial charge < -0.3 is 8.95 Å². The highest BCUT2D eigenvalue weighted by atomic mass is 79.9. The quantitative estimate of drug-likeness (QED) is 0.793. The number of halogens is 3.